The van der Waals surface area contributed by atoms with Crippen molar-refractivity contribution in [2.75, 3.05) is 31.2 Å². The molecule has 2 aliphatic heterocycles. The lowest BCUT2D eigenvalue weighted by Crippen LogP contribution is -2.44. The number of nitrogens with one attached hydrogen (secondary N) is 2. The minimum atomic E-state index is -0.0975. The predicted molar refractivity (Wildman–Crippen MR) is 99.1 cm³/mol. The minimum absolute atomic E-state index is 0. The molecule has 25 heavy (non-hydrogen) atoms. The second kappa shape index (κ2) is 9.17. The zero-order valence-corrected chi connectivity index (χ0v) is 15.3. The van der Waals surface area contributed by atoms with Crippen molar-refractivity contribution in [3.8, 4) is 0 Å². The second-order valence-electron chi connectivity index (χ2n) is 6.46. The van der Waals surface area contributed by atoms with E-state index in [1.54, 1.807) is 0 Å². The zero-order chi connectivity index (χ0) is 16.9. The molecule has 2 N–H and O–H groups in total. The second-order valence-corrected chi connectivity index (χ2v) is 6.46. The van der Waals surface area contributed by atoms with E-state index in [1.807, 2.05) is 36.1 Å². The molecule has 2 unspecified atom stereocenters. The third-order valence-corrected chi connectivity index (χ3v) is 4.56. The number of carbonyl (C=O) groups is 2. The monoisotopic (exact) mass is 367 g/mol. The molecule has 2 fully saturated rings. The first kappa shape index (κ1) is 19.7. The van der Waals surface area contributed by atoms with Crippen LogP contribution >= 0.6 is 12.4 Å². The highest BCUT2D eigenvalue weighted by atomic mass is 35.5. The molecule has 7 heteroatoms. The Morgan fingerprint density at radius 3 is 3.00 bits per heavy atom. The first-order valence-corrected chi connectivity index (χ1v) is 8.64. The summed E-state index contributed by atoms with van der Waals surface area (Å²) in [5, 5.41) is 6.32. The van der Waals surface area contributed by atoms with Gasteiger partial charge >= 0.3 is 0 Å². The van der Waals surface area contributed by atoms with Gasteiger partial charge < -0.3 is 20.3 Å². The third-order valence-electron chi connectivity index (χ3n) is 4.56. The van der Waals surface area contributed by atoms with E-state index in [4.69, 9.17) is 4.74 Å². The predicted octanol–water partition coefficient (Wildman–Crippen LogP) is 1.79. The van der Waals surface area contributed by atoms with Crippen LogP contribution in [-0.2, 0) is 14.3 Å². The molecule has 2 amide bonds. The number of carbonyl (C=O) groups excluding carboxylic acids is 2. The van der Waals surface area contributed by atoms with Gasteiger partial charge in [0.2, 0.25) is 11.8 Å². The number of ether oxygens (including phenoxy) is 1. The van der Waals surface area contributed by atoms with Crippen molar-refractivity contribution in [2.24, 2.45) is 0 Å². The molecule has 3 rings (SSSR count). The van der Waals surface area contributed by atoms with E-state index in [9.17, 15) is 9.59 Å². The summed E-state index contributed by atoms with van der Waals surface area (Å²) in [5.41, 5.74) is 1.92. The zero-order valence-electron chi connectivity index (χ0n) is 14.5. The highest BCUT2D eigenvalue weighted by Crippen LogP contribution is 2.24. The van der Waals surface area contributed by atoms with Crippen molar-refractivity contribution in [3.63, 3.8) is 0 Å². The van der Waals surface area contributed by atoms with Gasteiger partial charge in [-0.3, -0.25) is 9.59 Å². The largest absolute Gasteiger partial charge is 0.378 e. The van der Waals surface area contributed by atoms with Crippen LogP contribution in [0.5, 0.6) is 0 Å². The highest BCUT2D eigenvalue weighted by molar-refractivity contribution is 5.95. The molecule has 1 aromatic rings. The Balaban J connectivity index is 0.00000225. The summed E-state index contributed by atoms with van der Waals surface area (Å²) in [6, 6.07) is 7.85. The van der Waals surface area contributed by atoms with Crippen LogP contribution in [0.2, 0.25) is 0 Å². The molecule has 0 saturated carbocycles. The number of benzene rings is 1. The molecule has 1 aromatic carbocycles. The standard InChI is InChI=1S/C18H25N3O3.ClH/c1-13(20-17(22)11-15-12-24-9-7-19-15)14-4-2-5-16(10-14)21-8-3-6-18(21)23;/h2,4-5,10,13,15,19H,3,6-9,11-12H2,1H3,(H,20,22);1H. The summed E-state index contributed by atoms with van der Waals surface area (Å²) in [6.45, 7) is 4.81. The Morgan fingerprint density at radius 2 is 2.32 bits per heavy atom. The Labute approximate surface area is 154 Å². The number of nitrogens with zero attached hydrogens (tertiary/aromatic N) is 1. The lowest BCUT2D eigenvalue weighted by atomic mass is 10.1. The van der Waals surface area contributed by atoms with Crippen LogP contribution < -0.4 is 15.5 Å². The molecule has 2 heterocycles. The summed E-state index contributed by atoms with van der Waals surface area (Å²) in [5.74, 6) is 0.181. The van der Waals surface area contributed by atoms with Gasteiger partial charge in [-0.05, 0) is 31.0 Å². The van der Waals surface area contributed by atoms with Crippen molar-refractivity contribution < 1.29 is 14.3 Å². The molecule has 2 atom stereocenters. The summed E-state index contributed by atoms with van der Waals surface area (Å²) >= 11 is 0. The third kappa shape index (κ3) is 5.17. The van der Waals surface area contributed by atoms with Gasteiger partial charge in [0.05, 0.1) is 19.3 Å². The number of morpholine rings is 1. The lowest BCUT2D eigenvalue weighted by Gasteiger charge is -2.24. The summed E-state index contributed by atoms with van der Waals surface area (Å²) in [7, 11) is 0. The number of hydrogen-bond acceptors (Lipinski definition) is 4. The van der Waals surface area contributed by atoms with Gasteiger partial charge in [-0.2, -0.15) is 0 Å². The average molecular weight is 368 g/mol. The molecule has 0 spiro atoms. The van der Waals surface area contributed by atoms with Gasteiger partial charge in [-0.1, -0.05) is 12.1 Å². The molecule has 6 nitrogen and oxygen atoms in total. The van der Waals surface area contributed by atoms with Gasteiger partial charge in [0.25, 0.3) is 0 Å². The Bertz CT molecular complexity index is 605. The molecular weight excluding hydrogens is 342 g/mol. The highest BCUT2D eigenvalue weighted by Gasteiger charge is 2.23. The average Bonchev–Trinajstić information content (AvgIpc) is 3.02. The first-order valence-electron chi connectivity index (χ1n) is 8.64. The van der Waals surface area contributed by atoms with E-state index in [0.717, 1.165) is 30.8 Å². The number of rotatable bonds is 5. The first-order chi connectivity index (χ1) is 11.6. The fourth-order valence-corrected chi connectivity index (χ4v) is 3.24. The van der Waals surface area contributed by atoms with Crippen molar-refractivity contribution in [1.29, 1.82) is 0 Å². The normalized spacial score (nSPS) is 21.6. The molecule has 0 radical (unpaired) electrons. The van der Waals surface area contributed by atoms with Gasteiger partial charge in [-0.25, -0.2) is 0 Å². The van der Waals surface area contributed by atoms with Crippen molar-refractivity contribution >= 4 is 29.9 Å². The molecule has 0 bridgehead atoms. The van der Waals surface area contributed by atoms with E-state index < -0.39 is 0 Å². The Kier molecular flexibility index (Phi) is 7.23. The van der Waals surface area contributed by atoms with Gasteiger partial charge in [0.15, 0.2) is 0 Å². The number of hydrogen-bond donors (Lipinski definition) is 2. The van der Waals surface area contributed by atoms with Crippen LogP contribution in [0.15, 0.2) is 24.3 Å². The molecule has 2 saturated heterocycles. The SMILES string of the molecule is CC(NC(=O)CC1COCCN1)c1cccc(N2CCCC2=O)c1.Cl. The summed E-state index contributed by atoms with van der Waals surface area (Å²) < 4.78 is 5.38. The maximum Gasteiger partial charge on any atom is 0.227 e. The topological polar surface area (TPSA) is 70.7 Å². The maximum atomic E-state index is 12.2. The van der Waals surface area contributed by atoms with Crippen LogP contribution in [-0.4, -0.2) is 44.2 Å². The quantitative estimate of drug-likeness (QED) is 0.832. The molecule has 138 valence electrons. The van der Waals surface area contributed by atoms with Crippen LogP contribution in [0.25, 0.3) is 0 Å². The van der Waals surface area contributed by atoms with E-state index in [2.05, 4.69) is 10.6 Å². The lowest BCUT2D eigenvalue weighted by molar-refractivity contribution is -0.123. The van der Waals surface area contributed by atoms with E-state index in [-0.39, 0.29) is 36.3 Å². The summed E-state index contributed by atoms with van der Waals surface area (Å²) in [4.78, 5) is 25.9. The fraction of sp³-hybridized carbons (Fsp3) is 0.556. The van der Waals surface area contributed by atoms with Gasteiger partial charge in [0, 0.05) is 37.7 Å². The van der Waals surface area contributed by atoms with Gasteiger partial charge in [0.1, 0.15) is 0 Å². The Hall–Kier alpha value is -1.63. The molecular formula is C18H26ClN3O3. The van der Waals surface area contributed by atoms with Gasteiger partial charge in [-0.15, -0.1) is 12.4 Å². The molecule has 2 aliphatic rings. The number of anilines is 1. The molecule has 0 aliphatic carbocycles. The van der Waals surface area contributed by atoms with E-state index in [0.29, 0.717) is 26.1 Å². The Morgan fingerprint density at radius 1 is 1.48 bits per heavy atom. The van der Waals surface area contributed by atoms with Crippen LogP contribution in [0.1, 0.15) is 37.8 Å². The number of halogens is 1. The van der Waals surface area contributed by atoms with Crippen LogP contribution in [0.3, 0.4) is 0 Å². The van der Waals surface area contributed by atoms with Crippen molar-refractivity contribution in [1.82, 2.24) is 10.6 Å². The van der Waals surface area contributed by atoms with Crippen LogP contribution in [0.4, 0.5) is 5.69 Å². The summed E-state index contributed by atoms with van der Waals surface area (Å²) in [6.07, 6.45) is 1.94. The maximum absolute atomic E-state index is 12.2. The minimum Gasteiger partial charge on any atom is -0.378 e. The van der Waals surface area contributed by atoms with E-state index >= 15 is 0 Å². The molecule has 0 aromatic heterocycles. The number of amides is 2. The fourth-order valence-electron chi connectivity index (χ4n) is 3.24. The van der Waals surface area contributed by atoms with Crippen molar-refractivity contribution in [3.05, 3.63) is 29.8 Å². The smallest absolute Gasteiger partial charge is 0.227 e. The van der Waals surface area contributed by atoms with E-state index in [1.165, 1.54) is 0 Å². The van der Waals surface area contributed by atoms with Crippen molar-refractivity contribution in [2.45, 2.75) is 38.3 Å². The van der Waals surface area contributed by atoms with Crippen LogP contribution in [0, 0.1) is 0 Å².